The van der Waals surface area contributed by atoms with Crippen LogP contribution >= 0.6 is 0 Å². The summed E-state index contributed by atoms with van der Waals surface area (Å²) >= 11 is 0. The van der Waals surface area contributed by atoms with Crippen molar-refractivity contribution in [2.75, 3.05) is 6.61 Å². The van der Waals surface area contributed by atoms with E-state index in [-0.39, 0.29) is 6.61 Å². The third-order valence-corrected chi connectivity index (χ3v) is 3.04. The number of rotatable bonds is 3. The Morgan fingerprint density at radius 1 is 1.35 bits per heavy atom. The zero-order valence-corrected chi connectivity index (χ0v) is 10.1. The van der Waals surface area contributed by atoms with Crippen molar-refractivity contribution in [1.82, 2.24) is 4.98 Å². The molecule has 3 nitrogen and oxygen atoms in total. The van der Waals surface area contributed by atoms with E-state index in [1.807, 2.05) is 25.1 Å². The molecule has 1 unspecified atom stereocenters. The zero-order chi connectivity index (χ0) is 12.4. The van der Waals surface area contributed by atoms with Crippen molar-refractivity contribution in [3.05, 3.63) is 41.1 Å². The highest BCUT2D eigenvalue weighted by atomic mass is 16.3. The fourth-order valence-electron chi connectivity index (χ4n) is 2.09. The second-order valence-electron chi connectivity index (χ2n) is 4.22. The minimum absolute atomic E-state index is 0.282. The van der Waals surface area contributed by atoms with E-state index in [0.29, 0.717) is 5.56 Å². The molecule has 0 saturated heterocycles. The van der Waals surface area contributed by atoms with E-state index in [1.165, 1.54) is 0 Å². The van der Waals surface area contributed by atoms with E-state index in [2.05, 4.69) is 18.0 Å². The molecule has 0 aliphatic rings. The van der Waals surface area contributed by atoms with E-state index >= 15 is 0 Å². The lowest BCUT2D eigenvalue weighted by molar-refractivity contribution is 0.0966. The van der Waals surface area contributed by atoms with Crippen molar-refractivity contribution in [3.8, 4) is 0 Å². The van der Waals surface area contributed by atoms with Gasteiger partial charge in [0.05, 0.1) is 12.1 Å². The molecule has 3 heteroatoms. The number of nitrogens with zero attached hydrogens (tertiary/aromatic N) is 1. The van der Waals surface area contributed by atoms with Gasteiger partial charge in [0.2, 0.25) is 0 Å². The SMILES string of the molecule is CCc1nc2c(C(O)CO)cccc2cc1C. The summed E-state index contributed by atoms with van der Waals surface area (Å²) in [5, 5.41) is 19.8. The van der Waals surface area contributed by atoms with Crippen LogP contribution in [-0.2, 0) is 6.42 Å². The Hall–Kier alpha value is -1.45. The Labute approximate surface area is 101 Å². The molecule has 0 saturated carbocycles. The van der Waals surface area contributed by atoms with Gasteiger partial charge in [0.1, 0.15) is 6.10 Å². The molecule has 0 bridgehead atoms. The van der Waals surface area contributed by atoms with E-state index in [0.717, 1.165) is 28.6 Å². The first-order valence-corrected chi connectivity index (χ1v) is 5.85. The van der Waals surface area contributed by atoms with Crippen LogP contribution in [0.3, 0.4) is 0 Å². The standard InChI is InChI=1S/C14H17NO2/c1-3-12-9(2)7-10-5-4-6-11(13(17)8-16)14(10)15-12/h4-7,13,16-17H,3,8H2,1-2H3. The summed E-state index contributed by atoms with van der Waals surface area (Å²) in [4.78, 5) is 4.59. The van der Waals surface area contributed by atoms with Crippen molar-refractivity contribution < 1.29 is 10.2 Å². The number of para-hydroxylation sites is 1. The first kappa shape index (κ1) is 12.0. The monoisotopic (exact) mass is 231 g/mol. The van der Waals surface area contributed by atoms with Gasteiger partial charge in [-0.1, -0.05) is 25.1 Å². The number of hydrogen-bond acceptors (Lipinski definition) is 3. The molecule has 17 heavy (non-hydrogen) atoms. The molecular formula is C14H17NO2. The number of aliphatic hydroxyl groups is 2. The van der Waals surface area contributed by atoms with E-state index in [9.17, 15) is 5.11 Å². The van der Waals surface area contributed by atoms with Crippen molar-refractivity contribution in [1.29, 1.82) is 0 Å². The van der Waals surface area contributed by atoms with Gasteiger partial charge in [-0.2, -0.15) is 0 Å². The van der Waals surface area contributed by atoms with Crippen molar-refractivity contribution in [3.63, 3.8) is 0 Å². The number of aryl methyl sites for hydroxylation is 2. The predicted molar refractivity (Wildman–Crippen MR) is 67.9 cm³/mol. The molecule has 0 aliphatic heterocycles. The van der Waals surface area contributed by atoms with Crippen LogP contribution in [0.2, 0.25) is 0 Å². The molecular weight excluding hydrogens is 214 g/mol. The lowest BCUT2D eigenvalue weighted by Crippen LogP contribution is -2.05. The Kier molecular flexibility index (Phi) is 3.41. The number of pyridine rings is 1. The maximum Gasteiger partial charge on any atom is 0.104 e. The molecule has 1 aromatic heterocycles. The Morgan fingerprint density at radius 2 is 2.12 bits per heavy atom. The molecule has 0 aliphatic carbocycles. The molecule has 1 atom stereocenters. The number of benzene rings is 1. The van der Waals surface area contributed by atoms with E-state index in [1.54, 1.807) is 0 Å². The largest absolute Gasteiger partial charge is 0.393 e. The van der Waals surface area contributed by atoms with Crippen LogP contribution in [0.25, 0.3) is 10.9 Å². The van der Waals surface area contributed by atoms with E-state index in [4.69, 9.17) is 5.11 Å². The normalized spacial score (nSPS) is 12.9. The summed E-state index contributed by atoms with van der Waals surface area (Å²) in [6.07, 6.45) is 0.00400. The van der Waals surface area contributed by atoms with Gasteiger partial charge >= 0.3 is 0 Å². The van der Waals surface area contributed by atoms with Crippen LogP contribution in [0.4, 0.5) is 0 Å². The molecule has 2 N–H and O–H groups in total. The third kappa shape index (κ3) is 2.16. The second kappa shape index (κ2) is 4.82. The second-order valence-corrected chi connectivity index (χ2v) is 4.22. The van der Waals surface area contributed by atoms with Gasteiger partial charge in [-0.05, 0) is 25.0 Å². The summed E-state index contributed by atoms with van der Waals surface area (Å²) in [7, 11) is 0. The molecule has 2 aromatic rings. The fraction of sp³-hybridized carbons (Fsp3) is 0.357. The first-order chi connectivity index (χ1) is 8.17. The lowest BCUT2D eigenvalue weighted by atomic mass is 10.0. The third-order valence-electron chi connectivity index (χ3n) is 3.04. The molecule has 0 amide bonds. The van der Waals surface area contributed by atoms with Crippen LogP contribution in [0.5, 0.6) is 0 Å². The van der Waals surface area contributed by atoms with Gasteiger partial charge in [0, 0.05) is 16.6 Å². The highest BCUT2D eigenvalue weighted by molar-refractivity contribution is 5.83. The van der Waals surface area contributed by atoms with Crippen molar-refractivity contribution in [2.45, 2.75) is 26.4 Å². The van der Waals surface area contributed by atoms with Crippen LogP contribution in [0, 0.1) is 6.92 Å². The smallest absolute Gasteiger partial charge is 0.104 e. The number of hydrogen-bond donors (Lipinski definition) is 2. The van der Waals surface area contributed by atoms with Gasteiger partial charge in [-0.3, -0.25) is 4.98 Å². The highest BCUT2D eigenvalue weighted by Crippen LogP contribution is 2.24. The molecule has 0 fully saturated rings. The fourth-order valence-corrected chi connectivity index (χ4v) is 2.09. The van der Waals surface area contributed by atoms with Crippen LogP contribution < -0.4 is 0 Å². The summed E-state index contributed by atoms with van der Waals surface area (Å²) in [5.41, 5.74) is 3.68. The molecule has 2 rings (SSSR count). The maximum absolute atomic E-state index is 9.77. The minimum atomic E-state index is -0.862. The summed E-state index contributed by atoms with van der Waals surface area (Å²) in [6.45, 7) is 3.82. The number of fused-ring (bicyclic) bond motifs is 1. The molecule has 0 spiro atoms. The van der Waals surface area contributed by atoms with Crippen LogP contribution in [0.15, 0.2) is 24.3 Å². The first-order valence-electron chi connectivity index (χ1n) is 5.85. The Balaban J connectivity index is 2.70. The van der Waals surface area contributed by atoms with Gasteiger partial charge in [-0.15, -0.1) is 0 Å². The van der Waals surface area contributed by atoms with Crippen LogP contribution in [-0.4, -0.2) is 21.8 Å². The van der Waals surface area contributed by atoms with Gasteiger partial charge in [0.15, 0.2) is 0 Å². The Morgan fingerprint density at radius 3 is 2.76 bits per heavy atom. The van der Waals surface area contributed by atoms with Crippen molar-refractivity contribution >= 4 is 10.9 Å². The molecule has 1 heterocycles. The van der Waals surface area contributed by atoms with Gasteiger partial charge in [0.25, 0.3) is 0 Å². The maximum atomic E-state index is 9.77. The van der Waals surface area contributed by atoms with Crippen molar-refractivity contribution in [2.24, 2.45) is 0 Å². The highest BCUT2D eigenvalue weighted by Gasteiger charge is 2.12. The van der Waals surface area contributed by atoms with Gasteiger partial charge < -0.3 is 10.2 Å². The predicted octanol–water partition coefficient (Wildman–Crippen LogP) is 2.13. The average molecular weight is 231 g/mol. The Bertz CT molecular complexity index is 537. The summed E-state index contributed by atoms with van der Waals surface area (Å²) in [6, 6.07) is 7.74. The molecule has 1 aromatic carbocycles. The zero-order valence-electron chi connectivity index (χ0n) is 10.1. The van der Waals surface area contributed by atoms with E-state index < -0.39 is 6.10 Å². The summed E-state index contributed by atoms with van der Waals surface area (Å²) in [5.74, 6) is 0. The molecule has 90 valence electrons. The molecule has 0 radical (unpaired) electrons. The quantitative estimate of drug-likeness (QED) is 0.850. The number of aliphatic hydroxyl groups excluding tert-OH is 2. The average Bonchev–Trinajstić information content (AvgIpc) is 2.36. The topological polar surface area (TPSA) is 53.4 Å². The lowest BCUT2D eigenvalue weighted by Gasteiger charge is -2.12. The number of aromatic nitrogens is 1. The van der Waals surface area contributed by atoms with Gasteiger partial charge in [-0.25, -0.2) is 0 Å². The summed E-state index contributed by atoms with van der Waals surface area (Å²) < 4.78 is 0. The van der Waals surface area contributed by atoms with Crippen LogP contribution in [0.1, 0.15) is 29.8 Å². The minimum Gasteiger partial charge on any atom is -0.393 e.